The molecule has 0 spiro atoms. The number of sulfonamides is 1. The first-order chi connectivity index (χ1) is 15.3. The van der Waals surface area contributed by atoms with Gasteiger partial charge in [0.2, 0.25) is 21.8 Å². The molecule has 0 saturated carbocycles. The van der Waals surface area contributed by atoms with E-state index in [1.54, 1.807) is 30.9 Å². The van der Waals surface area contributed by atoms with E-state index in [1.807, 2.05) is 0 Å². The van der Waals surface area contributed by atoms with Crippen LogP contribution in [0.25, 0.3) is 0 Å². The van der Waals surface area contributed by atoms with Crippen molar-refractivity contribution in [3.63, 3.8) is 0 Å². The molecule has 2 amide bonds. The third-order valence-corrected chi connectivity index (χ3v) is 8.69. The van der Waals surface area contributed by atoms with Crippen LogP contribution < -0.4 is 10.2 Å². The van der Waals surface area contributed by atoms with Crippen molar-refractivity contribution in [3.8, 4) is 0 Å². The lowest BCUT2D eigenvalue weighted by atomic mass is 10.0. The molecule has 0 aromatic heterocycles. The van der Waals surface area contributed by atoms with Crippen LogP contribution in [0.15, 0.2) is 29.2 Å². The molecule has 2 heterocycles. The Morgan fingerprint density at radius 1 is 1.16 bits per heavy atom. The average molecular weight is 465 g/mol. The summed E-state index contributed by atoms with van der Waals surface area (Å²) in [4.78, 5) is 29.4. The molecule has 0 bridgehead atoms. The van der Waals surface area contributed by atoms with Crippen LogP contribution in [0.1, 0.15) is 46.5 Å². The fraction of sp³-hybridized carbons (Fsp3) is 0.652. The van der Waals surface area contributed by atoms with Crippen LogP contribution in [0.4, 0.5) is 5.69 Å². The normalized spacial score (nSPS) is 22.5. The molecule has 2 aliphatic rings. The summed E-state index contributed by atoms with van der Waals surface area (Å²) in [6, 6.07) is 6.91. The maximum Gasteiger partial charge on any atom is 0.243 e. The van der Waals surface area contributed by atoms with Crippen molar-refractivity contribution in [2.45, 2.75) is 57.4 Å². The SMILES string of the molecule is CCN(CC)S(=O)(=O)c1ccc(N2C[C@@H](C(=O)NCCN3CCCC[C@@H]3C)CC2=O)cc1. The molecule has 0 radical (unpaired) electrons. The van der Waals surface area contributed by atoms with Crippen molar-refractivity contribution in [1.29, 1.82) is 0 Å². The second-order valence-electron chi connectivity index (χ2n) is 8.66. The molecule has 9 heteroatoms. The van der Waals surface area contributed by atoms with E-state index in [4.69, 9.17) is 0 Å². The van der Waals surface area contributed by atoms with E-state index in [2.05, 4.69) is 17.1 Å². The minimum Gasteiger partial charge on any atom is -0.355 e. The smallest absolute Gasteiger partial charge is 0.243 e. The first kappa shape index (κ1) is 24.7. The summed E-state index contributed by atoms with van der Waals surface area (Å²) in [7, 11) is -3.54. The van der Waals surface area contributed by atoms with Gasteiger partial charge >= 0.3 is 0 Å². The largest absolute Gasteiger partial charge is 0.355 e. The van der Waals surface area contributed by atoms with Crippen LogP contribution in [-0.2, 0) is 19.6 Å². The summed E-state index contributed by atoms with van der Waals surface area (Å²) < 4.78 is 26.7. The number of anilines is 1. The van der Waals surface area contributed by atoms with Gasteiger partial charge < -0.3 is 10.2 Å². The van der Waals surface area contributed by atoms with Crippen LogP contribution in [-0.4, -0.2) is 74.7 Å². The van der Waals surface area contributed by atoms with Gasteiger partial charge in [-0.15, -0.1) is 0 Å². The number of piperidine rings is 1. The van der Waals surface area contributed by atoms with E-state index in [9.17, 15) is 18.0 Å². The summed E-state index contributed by atoms with van der Waals surface area (Å²) in [5.41, 5.74) is 0.617. The maximum atomic E-state index is 12.7. The van der Waals surface area contributed by atoms with Gasteiger partial charge in [-0.1, -0.05) is 20.3 Å². The van der Waals surface area contributed by atoms with Gasteiger partial charge in [-0.05, 0) is 50.6 Å². The Morgan fingerprint density at radius 2 is 1.84 bits per heavy atom. The van der Waals surface area contributed by atoms with Crippen LogP contribution in [0, 0.1) is 5.92 Å². The molecule has 1 aromatic carbocycles. The number of carbonyl (C=O) groups is 2. The monoisotopic (exact) mass is 464 g/mol. The van der Waals surface area contributed by atoms with Crippen molar-refractivity contribution in [2.24, 2.45) is 5.92 Å². The van der Waals surface area contributed by atoms with Gasteiger partial charge in [-0.25, -0.2) is 8.42 Å². The van der Waals surface area contributed by atoms with Gasteiger partial charge in [0, 0.05) is 50.9 Å². The Hall–Kier alpha value is -1.97. The van der Waals surface area contributed by atoms with Gasteiger partial charge in [0.15, 0.2) is 0 Å². The minimum atomic E-state index is -3.54. The van der Waals surface area contributed by atoms with E-state index >= 15 is 0 Å². The van der Waals surface area contributed by atoms with Crippen LogP contribution in [0.2, 0.25) is 0 Å². The van der Waals surface area contributed by atoms with E-state index in [0.717, 1.165) is 13.1 Å². The van der Waals surface area contributed by atoms with Crippen LogP contribution in [0.5, 0.6) is 0 Å². The molecule has 2 aliphatic heterocycles. The van der Waals surface area contributed by atoms with E-state index in [0.29, 0.717) is 37.9 Å². The summed E-state index contributed by atoms with van der Waals surface area (Å²) in [6.07, 6.45) is 3.85. The molecule has 0 unspecified atom stereocenters. The quantitative estimate of drug-likeness (QED) is 0.604. The van der Waals surface area contributed by atoms with Gasteiger partial charge in [0.25, 0.3) is 0 Å². The zero-order valence-electron chi connectivity index (χ0n) is 19.4. The lowest BCUT2D eigenvalue weighted by Crippen LogP contribution is -2.43. The van der Waals surface area contributed by atoms with Crippen LogP contribution in [0.3, 0.4) is 0 Å². The highest BCUT2D eigenvalue weighted by Gasteiger charge is 2.35. The summed E-state index contributed by atoms with van der Waals surface area (Å²) >= 11 is 0. The van der Waals surface area contributed by atoms with Crippen molar-refractivity contribution >= 4 is 27.5 Å². The molecule has 2 fully saturated rings. The van der Waals surface area contributed by atoms with Crippen molar-refractivity contribution in [2.75, 3.05) is 44.2 Å². The highest BCUT2D eigenvalue weighted by Crippen LogP contribution is 2.27. The molecule has 1 aromatic rings. The third-order valence-electron chi connectivity index (χ3n) is 6.63. The fourth-order valence-electron chi connectivity index (χ4n) is 4.60. The highest BCUT2D eigenvalue weighted by atomic mass is 32.2. The first-order valence-corrected chi connectivity index (χ1v) is 13.1. The van der Waals surface area contributed by atoms with Crippen LogP contribution >= 0.6 is 0 Å². The number of nitrogens with zero attached hydrogens (tertiary/aromatic N) is 3. The van der Waals surface area contributed by atoms with Crippen molar-refractivity contribution in [1.82, 2.24) is 14.5 Å². The number of hydrogen-bond acceptors (Lipinski definition) is 5. The number of benzene rings is 1. The minimum absolute atomic E-state index is 0.0914. The number of carbonyl (C=O) groups excluding carboxylic acids is 2. The average Bonchev–Trinajstić information content (AvgIpc) is 3.17. The molecule has 3 rings (SSSR count). The van der Waals surface area contributed by atoms with Gasteiger partial charge in [-0.3, -0.25) is 14.5 Å². The molecule has 2 saturated heterocycles. The van der Waals surface area contributed by atoms with E-state index in [-0.39, 0.29) is 29.0 Å². The van der Waals surface area contributed by atoms with Crippen molar-refractivity contribution < 1.29 is 18.0 Å². The Morgan fingerprint density at radius 3 is 2.47 bits per heavy atom. The van der Waals surface area contributed by atoms with Crippen molar-refractivity contribution in [3.05, 3.63) is 24.3 Å². The summed E-state index contributed by atoms with van der Waals surface area (Å²) in [5, 5.41) is 3.00. The maximum absolute atomic E-state index is 12.7. The summed E-state index contributed by atoms with van der Waals surface area (Å²) in [5.74, 6) is -0.597. The molecule has 1 N–H and O–H groups in total. The predicted octanol–water partition coefficient (Wildman–Crippen LogP) is 2.06. The van der Waals surface area contributed by atoms with E-state index < -0.39 is 10.0 Å². The molecule has 32 heavy (non-hydrogen) atoms. The lowest BCUT2D eigenvalue weighted by molar-refractivity contribution is -0.126. The molecular formula is C23H36N4O4S. The lowest BCUT2D eigenvalue weighted by Gasteiger charge is -2.33. The Labute approximate surface area is 192 Å². The predicted molar refractivity (Wildman–Crippen MR) is 125 cm³/mol. The Kier molecular flexibility index (Phi) is 8.30. The van der Waals surface area contributed by atoms with Gasteiger partial charge in [-0.2, -0.15) is 4.31 Å². The number of amides is 2. The van der Waals surface area contributed by atoms with Gasteiger partial charge in [0.05, 0.1) is 10.8 Å². The first-order valence-electron chi connectivity index (χ1n) is 11.7. The molecule has 0 aliphatic carbocycles. The second kappa shape index (κ2) is 10.8. The molecular weight excluding hydrogens is 428 g/mol. The Bertz CT molecular complexity index is 899. The number of rotatable bonds is 9. The van der Waals surface area contributed by atoms with E-state index in [1.165, 1.54) is 35.7 Å². The Balaban J connectivity index is 1.56. The summed E-state index contributed by atoms with van der Waals surface area (Å²) in [6.45, 7) is 9.45. The second-order valence-corrected chi connectivity index (χ2v) is 10.6. The zero-order valence-corrected chi connectivity index (χ0v) is 20.2. The highest BCUT2D eigenvalue weighted by molar-refractivity contribution is 7.89. The standard InChI is InChI=1S/C23H36N4O4S/c1-4-26(5-2)32(30,31)21-11-9-20(10-12-21)27-17-19(16-22(27)28)23(29)24-13-15-25-14-7-6-8-18(25)3/h9-12,18-19H,4-8,13-17H2,1-3H3,(H,24,29)/t18-,19-/m0/s1. The number of nitrogens with one attached hydrogen (secondary N) is 1. The molecule has 8 nitrogen and oxygen atoms in total. The zero-order chi connectivity index (χ0) is 23.3. The van der Waals surface area contributed by atoms with Gasteiger partial charge in [0.1, 0.15) is 0 Å². The fourth-order valence-corrected chi connectivity index (χ4v) is 6.06. The number of hydrogen-bond donors (Lipinski definition) is 1. The topological polar surface area (TPSA) is 90.0 Å². The molecule has 178 valence electrons. The molecule has 2 atom stereocenters. The third kappa shape index (κ3) is 5.50. The number of likely N-dealkylation sites (tertiary alicyclic amines) is 1.